The van der Waals surface area contributed by atoms with E-state index in [0.717, 1.165) is 68.5 Å². The Balaban J connectivity index is 0.737. The van der Waals surface area contributed by atoms with Crippen LogP contribution in [0, 0.1) is 5.41 Å². The first-order valence-corrected chi connectivity index (χ1v) is 28.3. The van der Waals surface area contributed by atoms with E-state index in [0.29, 0.717) is 58.6 Å². The molecule has 2 unspecified atom stereocenters. The number of fused-ring (bicyclic) bond motifs is 4. The molecule has 6 atom stereocenters. The summed E-state index contributed by atoms with van der Waals surface area (Å²) < 4.78 is 47.3. The predicted molar refractivity (Wildman–Crippen MR) is 292 cm³/mol. The number of piperazine rings is 1. The Morgan fingerprint density at radius 3 is 2.32 bits per heavy atom. The molecule has 0 saturated carbocycles. The van der Waals surface area contributed by atoms with Crippen molar-refractivity contribution in [3.8, 4) is 17.0 Å². The number of pyridine rings is 3. The van der Waals surface area contributed by atoms with Crippen molar-refractivity contribution >= 4 is 66.1 Å². The van der Waals surface area contributed by atoms with Gasteiger partial charge in [-0.2, -0.15) is 0 Å². The number of ether oxygens (including phenoxy) is 1. The minimum absolute atomic E-state index is 0.0602. The summed E-state index contributed by atoms with van der Waals surface area (Å²) in [5.74, 6) is -2.72. The Morgan fingerprint density at radius 1 is 0.823 bits per heavy atom. The molecule has 3 fully saturated rings. The van der Waals surface area contributed by atoms with Crippen LogP contribution < -0.4 is 24.8 Å². The van der Waals surface area contributed by atoms with E-state index in [9.17, 15) is 43.4 Å². The minimum Gasteiger partial charge on any atom is -0.480 e. The number of amides is 5. The van der Waals surface area contributed by atoms with E-state index in [2.05, 4.69) is 66.8 Å². The Morgan fingerprint density at radius 2 is 1.59 bits per heavy atom. The highest BCUT2D eigenvalue weighted by molar-refractivity contribution is 7.46. The highest BCUT2D eigenvalue weighted by atomic mass is 31.2. The first kappa shape index (κ1) is 50.2. The van der Waals surface area contributed by atoms with Crippen LogP contribution in [0.15, 0.2) is 67.1 Å². The molecule has 9 heterocycles. The van der Waals surface area contributed by atoms with Crippen LogP contribution in [0.5, 0.6) is 5.88 Å². The number of aliphatic hydroxyl groups excluding tert-OH is 1. The molecule has 5 aromatic rings. The van der Waals surface area contributed by atoms with Crippen LogP contribution in [0.1, 0.15) is 125 Å². The number of methoxy groups -OCH3 is 1. The van der Waals surface area contributed by atoms with Crippen LogP contribution in [0.25, 0.3) is 11.1 Å². The second kappa shape index (κ2) is 20.5. The van der Waals surface area contributed by atoms with Gasteiger partial charge in [0.25, 0.3) is 23.6 Å². The molecule has 23 heteroatoms. The number of anilines is 5. The van der Waals surface area contributed by atoms with Gasteiger partial charge >= 0.3 is 7.82 Å². The number of hydrogen-bond donors (Lipinski definition) is 4. The lowest BCUT2D eigenvalue weighted by Gasteiger charge is -2.48. The molecule has 22 nitrogen and oxygen atoms in total. The van der Waals surface area contributed by atoms with Crippen LogP contribution in [0.2, 0.25) is 0 Å². The van der Waals surface area contributed by atoms with Crippen LogP contribution in [-0.2, 0) is 38.1 Å². The number of piperidine rings is 2. The van der Waals surface area contributed by atoms with Gasteiger partial charge in [-0.15, -0.1) is 0 Å². The SMILES string of the molecule is [2H]C([2H])([2H])Oc1ncc(-c2ccnc(N3CCn4c(cc5c4CC(C)(C)C5)C3=O)c2[C@H](C)O)cc1Nc1ccc(N2CCN(C3CCN(c4ccc5c(c4)C(=O)N([C@H]4CCC(=O)N(C(C)OP(=O)(O)O)C4=O)C5=O)[C@@H](C)C3)C[C@@H]2C)cn1. The minimum atomic E-state index is -5.08. The fourth-order valence-corrected chi connectivity index (χ4v) is 13.4. The second-order valence-electron chi connectivity index (χ2n) is 22.4. The van der Waals surface area contributed by atoms with E-state index in [-0.39, 0.29) is 65.0 Å². The Bertz CT molecular complexity index is 3460. The van der Waals surface area contributed by atoms with Gasteiger partial charge in [0, 0.05) is 98.7 Å². The van der Waals surface area contributed by atoms with E-state index < -0.39 is 56.9 Å². The number of carbonyl (C=O) groups is 5. The maximum absolute atomic E-state index is 14.2. The molecule has 5 amide bonds. The average molecular weight is 1100 g/mol. The zero-order valence-corrected chi connectivity index (χ0v) is 45.7. The number of rotatable bonds is 13. The van der Waals surface area contributed by atoms with Crippen molar-refractivity contribution in [3.05, 3.63) is 101 Å². The fraction of sp³-hybridized carbons (Fsp3) is 0.464. The summed E-state index contributed by atoms with van der Waals surface area (Å²) in [7, 11) is -7.90. The maximum Gasteiger partial charge on any atom is 0.471 e. The number of phosphoric ester groups is 1. The number of nitrogens with zero attached hydrogens (tertiary/aromatic N) is 10. The molecule has 0 spiro atoms. The molecule has 4 aromatic heterocycles. The van der Waals surface area contributed by atoms with E-state index in [4.69, 9.17) is 13.8 Å². The third-order valence-corrected chi connectivity index (χ3v) is 17.1. The molecule has 11 rings (SSSR count). The third kappa shape index (κ3) is 9.96. The van der Waals surface area contributed by atoms with Gasteiger partial charge < -0.3 is 39.3 Å². The number of aliphatic hydroxyl groups is 1. The lowest BCUT2D eigenvalue weighted by Crippen LogP contribution is -2.58. The van der Waals surface area contributed by atoms with Crippen LogP contribution in [0.3, 0.4) is 0 Å². The number of nitrogens with one attached hydrogen (secondary N) is 1. The van der Waals surface area contributed by atoms with Crippen LogP contribution in [-0.4, -0.2) is 149 Å². The number of likely N-dealkylation sites (tertiary alicyclic amines) is 1. The molecule has 0 radical (unpaired) electrons. The monoisotopic (exact) mass is 1100 g/mol. The van der Waals surface area contributed by atoms with Crippen molar-refractivity contribution in [3.63, 3.8) is 0 Å². The van der Waals surface area contributed by atoms with Gasteiger partial charge in [0.15, 0.2) is 0 Å². The number of benzene rings is 1. The highest BCUT2D eigenvalue weighted by Gasteiger charge is 2.49. The molecule has 5 aliphatic heterocycles. The number of imide groups is 2. The molecule has 416 valence electrons. The van der Waals surface area contributed by atoms with E-state index in [1.54, 1.807) is 60.6 Å². The number of hydrogen-bond acceptors (Lipinski definition) is 16. The fourth-order valence-electron chi connectivity index (χ4n) is 12.9. The summed E-state index contributed by atoms with van der Waals surface area (Å²) in [6.45, 7) is 15.4. The summed E-state index contributed by atoms with van der Waals surface area (Å²) in [5, 5.41) is 14.6. The lowest BCUT2D eigenvalue weighted by atomic mass is 9.90. The quantitative estimate of drug-likeness (QED) is 0.0771. The summed E-state index contributed by atoms with van der Waals surface area (Å²) in [6, 6.07) is 13.3. The van der Waals surface area contributed by atoms with Gasteiger partial charge in [-0.1, -0.05) is 13.8 Å². The van der Waals surface area contributed by atoms with Gasteiger partial charge in [-0.05, 0) is 125 Å². The molecule has 6 aliphatic rings. The Hall–Kier alpha value is -7.07. The van der Waals surface area contributed by atoms with Crippen molar-refractivity contribution in [2.75, 3.05) is 59.8 Å². The van der Waals surface area contributed by atoms with Crippen molar-refractivity contribution in [2.45, 2.75) is 123 Å². The highest BCUT2D eigenvalue weighted by Crippen LogP contribution is 2.43. The van der Waals surface area contributed by atoms with Crippen molar-refractivity contribution in [1.29, 1.82) is 0 Å². The number of aromatic nitrogens is 4. The first-order valence-electron chi connectivity index (χ1n) is 28.3. The van der Waals surface area contributed by atoms with E-state index in [1.807, 2.05) is 12.1 Å². The summed E-state index contributed by atoms with van der Waals surface area (Å²) >= 11 is 0. The normalized spacial score (nSPS) is 24.0. The molecule has 79 heavy (non-hydrogen) atoms. The molecular formula is C56H66N11O11P. The Kier molecular flexibility index (Phi) is 13.0. The predicted octanol–water partition coefficient (Wildman–Crippen LogP) is 6.07. The van der Waals surface area contributed by atoms with Gasteiger partial charge in [0.1, 0.15) is 35.3 Å². The van der Waals surface area contributed by atoms with Crippen LogP contribution in [0.4, 0.5) is 28.7 Å². The molecule has 3 saturated heterocycles. The molecule has 4 N–H and O–H groups in total. The topological polar surface area (TPSA) is 257 Å². The zero-order chi connectivity index (χ0) is 58.5. The smallest absolute Gasteiger partial charge is 0.471 e. The van der Waals surface area contributed by atoms with Gasteiger partial charge in [0.2, 0.25) is 11.8 Å². The summed E-state index contributed by atoms with van der Waals surface area (Å²) in [4.78, 5) is 111. The standard InChI is InChI=1S/C56H66N11O11P/c1-31-22-37(15-17-62(31)38-8-10-41-42(25-38)53(71)67(52(41)70)44-11-13-48(69)66(55(44)73)34(4)78-79(74,75)76)61-18-19-63(32(2)30-61)39-9-12-47(58-29-39)60-43-23-36(28-59-51(43)77-7)40-14-16-57-50(49(40)33(3)68)65-21-20-64-45(54(65)72)24-35-26-56(5,6)27-46(35)64/h8-10,12,14,16,23-25,28-29,31-34,37,44,68H,11,13,15,17-22,26-27,30H2,1-7H3,(H,58,60)(H2,74,75,76)/t31-,32-,33-,34?,37?,44-/m0/s1/i7D3. The summed E-state index contributed by atoms with van der Waals surface area (Å²) in [5.41, 5.74) is 6.73. The zero-order valence-electron chi connectivity index (χ0n) is 47.8. The summed E-state index contributed by atoms with van der Waals surface area (Å²) in [6.07, 6.45) is 5.22. The number of carbonyl (C=O) groups excluding carboxylic acids is 5. The van der Waals surface area contributed by atoms with Crippen molar-refractivity contribution in [1.82, 2.24) is 34.2 Å². The molecule has 1 aliphatic carbocycles. The lowest BCUT2D eigenvalue weighted by molar-refractivity contribution is -0.161. The number of phosphoric acid groups is 1. The van der Waals surface area contributed by atoms with Crippen molar-refractivity contribution in [2.24, 2.45) is 5.41 Å². The third-order valence-electron chi connectivity index (χ3n) is 16.5. The second-order valence-corrected chi connectivity index (χ2v) is 23.6. The molecule has 1 aromatic carbocycles. The van der Waals surface area contributed by atoms with E-state index >= 15 is 0 Å². The molecule has 0 bridgehead atoms. The average Bonchev–Trinajstić information content (AvgIpc) is 4.04. The van der Waals surface area contributed by atoms with Gasteiger partial charge in [-0.25, -0.2) is 19.5 Å². The molecular weight excluding hydrogens is 1030 g/mol. The largest absolute Gasteiger partial charge is 0.480 e. The van der Waals surface area contributed by atoms with Crippen molar-refractivity contribution < 1.29 is 56.8 Å². The van der Waals surface area contributed by atoms with E-state index in [1.165, 1.54) is 17.5 Å². The first-order chi connectivity index (χ1) is 38.7. The maximum atomic E-state index is 14.2. The van der Waals surface area contributed by atoms with Gasteiger partial charge in [-0.3, -0.25) is 48.1 Å². The van der Waals surface area contributed by atoms with Crippen LogP contribution >= 0.6 is 7.82 Å². The van der Waals surface area contributed by atoms with Gasteiger partial charge in [0.05, 0.1) is 40.3 Å². The Labute approximate surface area is 461 Å².